The number of amides is 1. The highest BCUT2D eigenvalue weighted by molar-refractivity contribution is 6.42. The molecule has 0 fully saturated rings. The van der Waals surface area contributed by atoms with E-state index < -0.39 is 6.10 Å². The Kier molecular flexibility index (Phi) is 5.69. The lowest BCUT2D eigenvalue weighted by Crippen LogP contribution is -2.32. The number of halogens is 2. The van der Waals surface area contributed by atoms with Crippen molar-refractivity contribution in [2.45, 2.75) is 26.4 Å². The minimum atomic E-state index is -0.573. The first-order valence-corrected chi connectivity index (χ1v) is 7.74. The molecule has 3 nitrogen and oxygen atoms in total. The van der Waals surface area contributed by atoms with Crippen molar-refractivity contribution in [3.63, 3.8) is 0 Å². The summed E-state index contributed by atoms with van der Waals surface area (Å²) in [7, 11) is 0. The summed E-state index contributed by atoms with van der Waals surface area (Å²) in [4.78, 5) is 12.3. The van der Waals surface area contributed by atoms with Gasteiger partial charge in [-0.05, 0) is 49.2 Å². The van der Waals surface area contributed by atoms with Gasteiger partial charge in [0.15, 0.2) is 6.10 Å². The molecule has 0 heterocycles. The summed E-state index contributed by atoms with van der Waals surface area (Å²) in [6, 6.07) is 12.6. The molecular weight excluding hydrogens is 321 g/mol. The van der Waals surface area contributed by atoms with Crippen molar-refractivity contribution >= 4 is 34.8 Å². The van der Waals surface area contributed by atoms with Gasteiger partial charge in [-0.2, -0.15) is 0 Å². The summed E-state index contributed by atoms with van der Waals surface area (Å²) in [6.07, 6.45) is -0.0163. The van der Waals surface area contributed by atoms with Gasteiger partial charge in [-0.25, -0.2) is 0 Å². The van der Waals surface area contributed by atoms with Crippen LogP contribution in [0, 0.1) is 6.92 Å². The molecule has 116 valence electrons. The molecule has 0 saturated heterocycles. The molecule has 0 saturated carbocycles. The van der Waals surface area contributed by atoms with E-state index in [-0.39, 0.29) is 5.91 Å². The lowest BCUT2D eigenvalue weighted by Gasteiger charge is -2.17. The van der Waals surface area contributed by atoms with Gasteiger partial charge in [-0.1, -0.05) is 42.3 Å². The fourth-order valence-corrected chi connectivity index (χ4v) is 2.27. The Balaban J connectivity index is 2.06. The summed E-state index contributed by atoms with van der Waals surface area (Å²) in [5.41, 5.74) is 1.67. The Labute approximate surface area is 140 Å². The number of hydrogen-bond donors (Lipinski definition) is 1. The topological polar surface area (TPSA) is 38.3 Å². The molecule has 0 aliphatic heterocycles. The van der Waals surface area contributed by atoms with E-state index in [4.69, 9.17) is 27.9 Å². The van der Waals surface area contributed by atoms with Crippen LogP contribution in [0.4, 0.5) is 5.69 Å². The van der Waals surface area contributed by atoms with E-state index in [1.54, 1.807) is 18.2 Å². The molecule has 0 aromatic heterocycles. The summed E-state index contributed by atoms with van der Waals surface area (Å²) < 4.78 is 5.76. The number of rotatable bonds is 5. The first-order valence-electron chi connectivity index (χ1n) is 6.99. The van der Waals surface area contributed by atoms with Crippen molar-refractivity contribution in [1.82, 2.24) is 0 Å². The third kappa shape index (κ3) is 4.39. The third-order valence-corrected chi connectivity index (χ3v) is 3.86. The molecule has 0 bridgehead atoms. The predicted octanol–water partition coefficient (Wildman–Crippen LogP) is 5.10. The van der Waals surface area contributed by atoms with Crippen LogP contribution >= 0.6 is 23.2 Å². The molecule has 0 aliphatic carbocycles. The first kappa shape index (κ1) is 16.7. The normalized spacial score (nSPS) is 11.8. The predicted molar refractivity (Wildman–Crippen MR) is 91.0 cm³/mol. The molecule has 22 heavy (non-hydrogen) atoms. The number of benzene rings is 2. The fourth-order valence-electron chi connectivity index (χ4n) is 1.97. The number of hydrogen-bond acceptors (Lipinski definition) is 2. The number of carbonyl (C=O) groups is 1. The van der Waals surface area contributed by atoms with Crippen molar-refractivity contribution in [3.05, 3.63) is 58.1 Å². The zero-order valence-corrected chi connectivity index (χ0v) is 13.9. The highest BCUT2D eigenvalue weighted by atomic mass is 35.5. The summed E-state index contributed by atoms with van der Waals surface area (Å²) in [5.74, 6) is 0.457. The quantitative estimate of drug-likeness (QED) is 0.824. The van der Waals surface area contributed by atoms with E-state index in [2.05, 4.69) is 5.32 Å². The fraction of sp³-hybridized carbons (Fsp3) is 0.235. The molecule has 1 N–H and O–H groups in total. The van der Waals surface area contributed by atoms with E-state index in [1.165, 1.54) is 0 Å². The number of ether oxygens (including phenoxy) is 1. The van der Waals surface area contributed by atoms with Gasteiger partial charge < -0.3 is 10.1 Å². The highest BCUT2D eigenvalue weighted by Gasteiger charge is 2.18. The maximum absolute atomic E-state index is 12.3. The lowest BCUT2D eigenvalue weighted by molar-refractivity contribution is -0.122. The van der Waals surface area contributed by atoms with Crippen LogP contribution in [0.1, 0.15) is 18.9 Å². The standard InChI is InChI=1S/C17H17Cl2NO2/c1-3-16(22-13-6-4-5-11(2)9-13)17(21)20-12-7-8-14(18)15(19)10-12/h4-10,16H,3H2,1-2H3,(H,20,21)/t16-/m1/s1. The Morgan fingerprint density at radius 2 is 1.95 bits per heavy atom. The van der Waals surface area contributed by atoms with E-state index >= 15 is 0 Å². The smallest absolute Gasteiger partial charge is 0.265 e. The maximum atomic E-state index is 12.3. The molecule has 0 spiro atoms. The Morgan fingerprint density at radius 1 is 1.18 bits per heavy atom. The maximum Gasteiger partial charge on any atom is 0.265 e. The summed E-state index contributed by atoms with van der Waals surface area (Å²) >= 11 is 11.8. The molecule has 2 aromatic carbocycles. The van der Waals surface area contributed by atoms with Gasteiger partial charge in [-0.15, -0.1) is 0 Å². The SMILES string of the molecule is CC[C@@H](Oc1cccc(C)c1)C(=O)Nc1ccc(Cl)c(Cl)c1. The van der Waals surface area contributed by atoms with Gasteiger partial charge in [0.05, 0.1) is 10.0 Å². The molecule has 1 atom stereocenters. The minimum absolute atomic E-state index is 0.220. The minimum Gasteiger partial charge on any atom is -0.481 e. The molecule has 2 aromatic rings. The molecule has 0 aliphatic rings. The van der Waals surface area contributed by atoms with Crippen LogP contribution in [-0.4, -0.2) is 12.0 Å². The highest BCUT2D eigenvalue weighted by Crippen LogP contribution is 2.25. The van der Waals surface area contributed by atoms with Gasteiger partial charge in [0.2, 0.25) is 0 Å². The van der Waals surface area contributed by atoms with E-state index in [0.717, 1.165) is 5.56 Å². The Morgan fingerprint density at radius 3 is 2.59 bits per heavy atom. The largest absolute Gasteiger partial charge is 0.481 e. The summed E-state index contributed by atoms with van der Waals surface area (Å²) in [6.45, 7) is 3.87. The van der Waals surface area contributed by atoms with Crippen molar-refractivity contribution < 1.29 is 9.53 Å². The molecule has 5 heteroatoms. The van der Waals surface area contributed by atoms with Crippen molar-refractivity contribution in [3.8, 4) is 5.75 Å². The van der Waals surface area contributed by atoms with E-state index in [1.807, 2.05) is 38.1 Å². The van der Waals surface area contributed by atoms with Crippen LogP contribution in [0.5, 0.6) is 5.75 Å². The van der Waals surface area contributed by atoms with Gasteiger partial charge in [0.1, 0.15) is 5.75 Å². The first-order chi connectivity index (χ1) is 10.5. The van der Waals surface area contributed by atoms with Crippen LogP contribution in [0.2, 0.25) is 10.0 Å². The van der Waals surface area contributed by atoms with Crippen LogP contribution in [0.25, 0.3) is 0 Å². The van der Waals surface area contributed by atoms with E-state index in [9.17, 15) is 4.79 Å². The van der Waals surface area contributed by atoms with Crippen LogP contribution < -0.4 is 10.1 Å². The van der Waals surface area contributed by atoms with Crippen LogP contribution in [-0.2, 0) is 4.79 Å². The molecule has 0 radical (unpaired) electrons. The van der Waals surface area contributed by atoms with Gasteiger partial charge in [0, 0.05) is 5.69 Å². The monoisotopic (exact) mass is 337 g/mol. The average molecular weight is 338 g/mol. The second-order valence-electron chi connectivity index (χ2n) is 4.95. The van der Waals surface area contributed by atoms with Crippen molar-refractivity contribution in [1.29, 1.82) is 0 Å². The number of carbonyl (C=O) groups excluding carboxylic acids is 1. The van der Waals surface area contributed by atoms with E-state index in [0.29, 0.717) is 27.9 Å². The average Bonchev–Trinajstić information content (AvgIpc) is 2.48. The Bertz CT molecular complexity index is 673. The number of nitrogens with one attached hydrogen (secondary N) is 1. The molecule has 1 amide bonds. The van der Waals surface area contributed by atoms with Crippen LogP contribution in [0.3, 0.4) is 0 Å². The second kappa shape index (κ2) is 7.52. The lowest BCUT2D eigenvalue weighted by atomic mass is 10.2. The van der Waals surface area contributed by atoms with Gasteiger partial charge >= 0.3 is 0 Å². The van der Waals surface area contributed by atoms with Crippen molar-refractivity contribution in [2.24, 2.45) is 0 Å². The number of anilines is 1. The zero-order chi connectivity index (χ0) is 16.1. The molecular formula is C17H17Cl2NO2. The Hall–Kier alpha value is -1.71. The third-order valence-electron chi connectivity index (χ3n) is 3.12. The number of aryl methyl sites for hydroxylation is 1. The van der Waals surface area contributed by atoms with Crippen LogP contribution in [0.15, 0.2) is 42.5 Å². The van der Waals surface area contributed by atoms with Gasteiger partial charge in [-0.3, -0.25) is 4.79 Å². The second-order valence-corrected chi connectivity index (χ2v) is 5.76. The molecule has 2 rings (SSSR count). The zero-order valence-electron chi connectivity index (χ0n) is 12.4. The molecule has 0 unspecified atom stereocenters. The van der Waals surface area contributed by atoms with Gasteiger partial charge in [0.25, 0.3) is 5.91 Å². The van der Waals surface area contributed by atoms with Crippen molar-refractivity contribution in [2.75, 3.05) is 5.32 Å². The summed E-state index contributed by atoms with van der Waals surface area (Å²) in [5, 5.41) is 3.63.